The van der Waals surface area contributed by atoms with Crippen LogP contribution in [-0.4, -0.2) is 17.0 Å². The molecule has 6 heteroatoms. The first-order valence-corrected chi connectivity index (χ1v) is 10.3. The summed E-state index contributed by atoms with van der Waals surface area (Å²) in [5.74, 6) is -1.54. The Morgan fingerprint density at radius 2 is 1.77 bits per heavy atom. The summed E-state index contributed by atoms with van der Waals surface area (Å²) in [4.78, 5) is 26.1. The first-order valence-electron chi connectivity index (χ1n) is 9.92. The summed E-state index contributed by atoms with van der Waals surface area (Å²) in [7, 11) is 0. The van der Waals surface area contributed by atoms with Crippen LogP contribution in [0.3, 0.4) is 0 Å². The maximum Gasteiger partial charge on any atom is 0.335 e. The summed E-state index contributed by atoms with van der Waals surface area (Å²) >= 11 is 6.48. The number of anilines is 2. The van der Waals surface area contributed by atoms with E-state index in [4.69, 9.17) is 16.7 Å². The highest BCUT2D eigenvalue weighted by molar-refractivity contribution is 6.39. The molecule has 1 aliphatic heterocycles. The third kappa shape index (κ3) is 3.31. The predicted octanol–water partition coefficient (Wildman–Crippen LogP) is 6.27. The molecule has 3 aromatic rings. The fourth-order valence-electron chi connectivity index (χ4n) is 4.05. The number of carboxylic acid groups (broad SMARTS) is 1. The highest BCUT2D eigenvalue weighted by atomic mass is 35.5. The molecule has 0 atom stereocenters. The van der Waals surface area contributed by atoms with Crippen LogP contribution < -0.4 is 4.90 Å². The van der Waals surface area contributed by atoms with Crippen molar-refractivity contribution in [3.63, 3.8) is 0 Å². The van der Waals surface area contributed by atoms with Crippen molar-refractivity contribution in [3.8, 4) is 0 Å². The zero-order chi connectivity index (χ0) is 21.7. The van der Waals surface area contributed by atoms with E-state index < -0.39 is 11.8 Å². The molecule has 0 spiro atoms. The van der Waals surface area contributed by atoms with E-state index in [9.17, 15) is 14.0 Å². The highest BCUT2D eigenvalue weighted by Gasteiger charge is 2.36. The number of hydrogen-bond acceptors (Lipinski definition) is 2. The minimum Gasteiger partial charge on any atom is -0.478 e. The van der Waals surface area contributed by atoms with E-state index in [0.717, 1.165) is 24.0 Å². The van der Waals surface area contributed by atoms with E-state index in [1.807, 2.05) is 12.1 Å². The lowest BCUT2D eigenvalue weighted by atomic mass is 9.98. The zero-order valence-electron chi connectivity index (χ0n) is 16.3. The van der Waals surface area contributed by atoms with Crippen LogP contribution in [0, 0.1) is 5.82 Å². The maximum atomic E-state index is 14.9. The standard InChI is InChI=1S/C25H17ClFNO3/c26-20-4-1-3-17(14-7-8-14)18(20)13-19-23-21(27)5-2-6-22(23)28(24(19)29)16-11-9-15(10-12-16)25(30)31/h1-6,9-14H,7-8H2,(H,30,31)/b19-13-. The van der Waals surface area contributed by atoms with Crippen LogP contribution in [0.25, 0.3) is 11.6 Å². The zero-order valence-corrected chi connectivity index (χ0v) is 17.1. The van der Waals surface area contributed by atoms with Crippen molar-refractivity contribution in [2.45, 2.75) is 18.8 Å². The van der Waals surface area contributed by atoms with Gasteiger partial charge < -0.3 is 5.11 Å². The molecular formula is C25H17ClFNO3. The van der Waals surface area contributed by atoms with Crippen molar-refractivity contribution in [1.29, 1.82) is 0 Å². The van der Waals surface area contributed by atoms with Gasteiger partial charge >= 0.3 is 5.97 Å². The van der Waals surface area contributed by atoms with Crippen LogP contribution in [0.15, 0.2) is 60.7 Å². The Labute approximate surface area is 183 Å². The lowest BCUT2D eigenvalue weighted by molar-refractivity contribution is -0.112. The number of carbonyl (C=O) groups is 2. The quantitative estimate of drug-likeness (QED) is 0.493. The lowest BCUT2D eigenvalue weighted by Crippen LogP contribution is -2.20. The third-order valence-corrected chi connectivity index (χ3v) is 6.03. The van der Waals surface area contributed by atoms with Gasteiger partial charge in [-0.1, -0.05) is 29.8 Å². The number of benzene rings is 3. The maximum absolute atomic E-state index is 14.9. The minimum absolute atomic E-state index is 0.107. The first kappa shape index (κ1) is 19.5. The molecule has 0 bridgehead atoms. The Hall–Kier alpha value is -3.44. The van der Waals surface area contributed by atoms with Gasteiger partial charge in [-0.05, 0) is 78.4 Å². The molecule has 1 amide bonds. The summed E-state index contributed by atoms with van der Waals surface area (Å²) in [6.07, 6.45) is 3.82. The Morgan fingerprint density at radius 3 is 2.45 bits per heavy atom. The first-order chi connectivity index (χ1) is 15.0. The number of halogens is 2. The average molecular weight is 434 g/mol. The van der Waals surface area contributed by atoms with Crippen LogP contribution in [0.4, 0.5) is 15.8 Å². The van der Waals surface area contributed by atoms with Gasteiger partial charge in [0.25, 0.3) is 5.91 Å². The van der Waals surface area contributed by atoms with Crippen LogP contribution in [0.1, 0.15) is 45.8 Å². The van der Waals surface area contributed by atoms with Crippen LogP contribution in [0.2, 0.25) is 5.02 Å². The topological polar surface area (TPSA) is 57.6 Å². The van der Waals surface area contributed by atoms with Gasteiger partial charge in [0, 0.05) is 16.3 Å². The summed E-state index contributed by atoms with van der Waals surface area (Å²) in [5, 5.41) is 9.66. The number of rotatable bonds is 4. The van der Waals surface area contributed by atoms with E-state index in [0.29, 0.717) is 22.3 Å². The smallest absolute Gasteiger partial charge is 0.335 e. The van der Waals surface area contributed by atoms with Crippen molar-refractivity contribution < 1.29 is 19.1 Å². The van der Waals surface area contributed by atoms with Gasteiger partial charge in [-0.15, -0.1) is 0 Å². The molecule has 3 aromatic carbocycles. The van der Waals surface area contributed by atoms with Crippen molar-refractivity contribution in [2.24, 2.45) is 0 Å². The molecule has 1 heterocycles. The molecule has 0 unspecified atom stereocenters. The summed E-state index contributed by atoms with van der Waals surface area (Å²) < 4.78 is 14.9. The third-order valence-electron chi connectivity index (χ3n) is 5.70. The Morgan fingerprint density at radius 1 is 1.06 bits per heavy atom. The number of nitrogens with zero attached hydrogens (tertiary/aromatic N) is 1. The van der Waals surface area contributed by atoms with E-state index in [-0.39, 0.29) is 22.6 Å². The molecule has 0 saturated heterocycles. The number of fused-ring (bicyclic) bond motifs is 1. The van der Waals surface area contributed by atoms with Gasteiger partial charge in [0.1, 0.15) is 5.82 Å². The van der Waals surface area contributed by atoms with E-state index >= 15 is 0 Å². The molecule has 5 rings (SSSR count). The highest BCUT2D eigenvalue weighted by Crippen LogP contribution is 2.47. The molecule has 0 aromatic heterocycles. The normalized spacial score (nSPS) is 16.6. The monoisotopic (exact) mass is 433 g/mol. The Kier molecular flexibility index (Phi) is 4.63. The van der Waals surface area contributed by atoms with Gasteiger partial charge in [0.2, 0.25) is 0 Å². The lowest BCUT2D eigenvalue weighted by Gasteiger charge is -2.17. The van der Waals surface area contributed by atoms with Gasteiger partial charge in [0.05, 0.1) is 16.8 Å². The molecule has 0 radical (unpaired) electrons. The van der Waals surface area contributed by atoms with Crippen LogP contribution in [0.5, 0.6) is 0 Å². The van der Waals surface area contributed by atoms with Gasteiger partial charge in [0.15, 0.2) is 0 Å². The fraction of sp³-hybridized carbons (Fsp3) is 0.120. The molecule has 154 valence electrons. The van der Waals surface area contributed by atoms with E-state index in [2.05, 4.69) is 0 Å². The van der Waals surface area contributed by atoms with Gasteiger partial charge in [-0.3, -0.25) is 9.69 Å². The van der Waals surface area contributed by atoms with Crippen molar-refractivity contribution in [1.82, 2.24) is 0 Å². The Balaban J connectivity index is 1.67. The summed E-state index contributed by atoms with van der Waals surface area (Å²) in [5.41, 5.74) is 3.24. The second kappa shape index (κ2) is 7.36. The molecule has 1 aliphatic carbocycles. The summed E-state index contributed by atoms with van der Waals surface area (Å²) in [6, 6.07) is 16.1. The van der Waals surface area contributed by atoms with Crippen molar-refractivity contribution >= 4 is 46.5 Å². The number of amides is 1. The van der Waals surface area contributed by atoms with E-state index in [1.54, 1.807) is 36.4 Å². The predicted molar refractivity (Wildman–Crippen MR) is 118 cm³/mol. The van der Waals surface area contributed by atoms with Crippen molar-refractivity contribution in [3.05, 3.63) is 93.8 Å². The Bertz CT molecular complexity index is 1260. The number of hydrogen-bond donors (Lipinski definition) is 1. The SMILES string of the molecule is O=C(O)c1ccc(N2C(=O)/C(=C\c3c(Cl)cccc3C3CC3)c3c(F)cccc32)cc1. The van der Waals surface area contributed by atoms with Gasteiger partial charge in [-0.25, -0.2) is 9.18 Å². The largest absolute Gasteiger partial charge is 0.478 e. The molecule has 1 fully saturated rings. The molecule has 2 aliphatic rings. The van der Waals surface area contributed by atoms with Gasteiger partial charge in [-0.2, -0.15) is 0 Å². The molecule has 4 nitrogen and oxygen atoms in total. The molecule has 31 heavy (non-hydrogen) atoms. The average Bonchev–Trinajstić information content (AvgIpc) is 3.55. The number of carbonyl (C=O) groups excluding carboxylic acids is 1. The molecule has 1 saturated carbocycles. The minimum atomic E-state index is -1.06. The van der Waals surface area contributed by atoms with Crippen LogP contribution in [-0.2, 0) is 4.79 Å². The van der Waals surface area contributed by atoms with E-state index in [1.165, 1.54) is 23.1 Å². The molecular weight excluding hydrogens is 417 g/mol. The molecule has 1 N–H and O–H groups in total. The van der Waals surface area contributed by atoms with Crippen LogP contribution >= 0.6 is 11.6 Å². The van der Waals surface area contributed by atoms with Crippen molar-refractivity contribution in [2.75, 3.05) is 4.90 Å². The fourth-order valence-corrected chi connectivity index (χ4v) is 4.28. The number of aromatic carboxylic acids is 1. The second-order valence-corrected chi connectivity index (χ2v) is 8.11. The second-order valence-electron chi connectivity index (χ2n) is 7.70. The number of carboxylic acids is 1. The summed E-state index contributed by atoms with van der Waals surface area (Å²) in [6.45, 7) is 0.